The maximum atomic E-state index is 6.00. The third-order valence-corrected chi connectivity index (χ3v) is 3.83. The average molecular weight is 314 g/mol. The molecule has 3 rings (SSSR count). The lowest BCUT2D eigenvalue weighted by molar-refractivity contribution is 0.0674. The van der Waals surface area contributed by atoms with E-state index in [0.717, 1.165) is 24.3 Å². The predicted molar refractivity (Wildman–Crippen MR) is 89.3 cm³/mol. The Balaban J connectivity index is 1.55. The lowest BCUT2D eigenvalue weighted by Crippen LogP contribution is -2.44. The van der Waals surface area contributed by atoms with Crippen molar-refractivity contribution >= 4 is 5.96 Å². The Labute approximate surface area is 136 Å². The number of aliphatic imine (C=N–C) groups is 1. The van der Waals surface area contributed by atoms with Gasteiger partial charge in [0, 0.05) is 31.6 Å². The molecule has 6 nitrogen and oxygen atoms in total. The van der Waals surface area contributed by atoms with E-state index < -0.39 is 0 Å². The van der Waals surface area contributed by atoms with Gasteiger partial charge < -0.3 is 19.8 Å². The summed E-state index contributed by atoms with van der Waals surface area (Å²) in [5.41, 5.74) is 9.09. The second-order valence-corrected chi connectivity index (χ2v) is 5.60. The third-order valence-electron chi connectivity index (χ3n) is 3.83. The lowest BCUT2D eigenvalue weighted by Gasteiger charge is -2.27. The fourth-order valence-corrected chi connectivity index (χ4v) is 2.43. The van der Waals surface area contributed by atoms with Crippen molar-refractivity contribution in [2.45, 2.75) is 13.3 Å². The number of nitrogens with zero attached hydrogens (tertiary/aromatic N) is 3. The standard InChI is InChI=1S/C17H22N4O2/c1-13-2-4-14(5-3-13)16-20-15(12-23-16)6-7-19-17(18)21-8-10-22-11-9-21/h2-5,12H,6-11H2,1H3,(H2,18,19). The first-order valence-electron chi connectivity index (χ1n) is 7.86. The molecular formula is C17H22N4O2. The number of morpholine rings is 1. The van der Waals surface area contributed by atoms with Crippen molar-refractivity contribution in [2.24, 2.45) is 10.7 Å². The average Bonchev–Trinajstić information content (AvgIpc) is 3.05. The van der Waals surface area contributed by atoms with Crippen molar-refractivity contribution < 1.29 is 9.15 Å². The summed E-state index contributed by atoms with van der Waals surface area (Å²) in [6.45, 7) is 5.68. The van der Waals surface area contributed by atoms with Gasteiger partial charge in [-0.3, -0.25) is 4.99 Å². The van der Waals surface area contributed by atoms with Gasteiger partial charge in [0.25, 0.3) is 0 Å². The quantitative estimate of drug-likeness (QED) is 0.688. The maximum absolute atomic E-state index is 6.00. The van der Waals surface area contributed by atoms with Crippen LogP contribution in [0, 0.1) is 6.92 Å². The van der Waals surface area contributed by atoms with Gasteiger partial charge in [-0.15, -0.1) is 0 Å². The van der Waals surface area contributed by atoms with Crippen LogP contribution in [0.3, 0.4) is 0 Å². The van der Waals surface area contributed by atoms with E-state index in [1.54, 1.807) is 6.26 Å². The molecule has 0 aliphatic carbocycles. The molecular weight excluding hydrogens is 292 g/mol. The number of rotatable bonds is 4. The second kappa shape index (κ2) is 7.28. The molecule has 1 aromatic heterocycles. The molecule has 2 N–H and O–H groups in total. The molecule has 0 bridgehead atoms. The fraction of sp³-hybridized carbons (Fsp3) is 0.412. The van der Waals surface area contributed by atoms with Crippen molar-refractivity contribution in [3.63, 3.8) is 0 Å². The minimum atomic E-state index is 0.579. The number of hydrogen-bond donors (Lipinski definition) is 1. The zero-order chi connectivity index (χ0) is 16.1. The van der Waals surface area contributed by atoms with Crippen LogP contribution in [0.2, 0.25) is 0 Å². The van der Waals surface area contributed by atoms with Crippen LogP contribution in [-0.4, -0.2) is 48.7 Å². The molecule has 1 aliphatic rings. The summed E-state index contributed by atoms with van der Waals surface area (Å²) in [7, 11) is 0. The van der Waals surface area contributed by atoms with Gasteiger partial charge in [0.05, 0.1) is 18.9 Å². The number of hydrogen-bond acceptors (Lipinski definition) is 4. The summed E-state index contributed by atoms with van der Waals surface area (Å²) in [5, 5.41) is 0. The molecule has 1 aliphatic heterocycles. The Morgan fingerprint density at radius 1 is 1.26 bits per heavy atom. The normalized spacial score (nSPS) is 15.9. The van der Waals surface area contributed by atoms with Gasteiger partial charge in [0.1, 0.15) is 6.26 Å². The summed E-state index contributed by atoms with van der Waals surface area (Å²) in [6, 6.07) is 8.12. The van der Waals surface area contributed by atoms with Crippen LogP contribution < -0.4 is 5.73 Å². The van der Waals surface area contributed by atoms with Gasteiger partial charge in [0.15, 0.2) is 5.96 Å². The highest BCUT2D eigenvalue weighted by molar-refractivity contribution is 5.78. The van der Waals surface area contributed by atoms with Crippen LogP contribution in [0.5, 0.6) is 0 Å². The first-order chi connectivity index (χ1) is 11.2. The molecule has 0 atom stereocenters. The van der Waals surface area contributed by atoms with E-state index in [0.29, 0.717) is 38.0 Å². The molecule has 0 unspecified atom stereocenters. The Morgan fingerprint density at radius 3 is 2.74 bits per heavy atom. The third kappa shape index (κ3) is 4.10. The van der Waals surface area contributed by atoms with Crippen LogP contribution in [-0.2, 0) is 11.2 Å². The van der Waals surface area contributed by atoms with Crippen molar-refractivity contribution in [3.05, 3.63) is 41.8 Å². The van der Waals surface area contributed by atoms with Gasteiger partial charge in [-0.05, 0) is 19.1 Å². The monoisotopic (exact) mass is 314 g/mol. The van der Waals surface area contributed by atoms with Crippen molar-refractivity contribution in [3.8, 4) is 11.5 Å². The number of aromatic nitrogens is 1. The van der Waals surface area contributed by atoms with E-state index in [-0.39, 0.29) is 0 Å². The minimum Gasteiger partial charge on any atom is -0.444 e. The van der Waals surface area contributed by atoms with Crippen LogP contribution in [0.1, 0.15) is 11.3 Å². The van der Waals surface area contributed by atoms with Gasteiger partial charge in [-0.2, -0.15) is 0 Å². The molecule has 1 aromatic carbocycles. The Hall–Kier alpha value is -2.34. The van der Waals surface area contributed by atoms with E-state index in [1.807, 2.05) is 29.2 Å². The molecule has 23 heavy (non-hydrogen) atoms. The molecule has 2 aromatic rings. The summed E-state index contributed by atoms with van der Waals surface area (Å²) >= 11 is 0. The van der Waals surface area contributed by atoms with Crippen LogP contribution in [0.25, 0.3) is 11.5 Å². The molecule has 0 spiro atoms. The number of guanidine groups is 1. The molecule has 0 radical (unpaired) electrons. The molecule has 6 heteroatoms. The Kier molecular flexibility index (Phi) is 4.92. The van der Waals surface area contributed by atoms with Crippen molar-refractivity contribution in [1.29, 1.82) is 0 Å². The van der Waals surface area contributed by atoms with E-state index in [9.17, 15) is 0 Å². The predicted octanol–water partition coefficient (Wildman–Crippen LogP) is 1.84. The van der Waals surface area contributed by atoms with E-state index in [4.69, 9.17) is 14.9 Å². The Morgan fingerprint density at radius 2 is 2.00 bits per heavy atom. The van der Waals surface area contributed by atoms with Gasteiger partial charge >= 0.3 is 0 Å². The molecule has 122 valence electrons. The Bertz CT molecular complexity index is 657. The number of oxazole rings is 1. The highest BCUT2D eigenvalue weighted by Gasteiger charge is 2.12. The largest absolute Gasteiger partial charge is 0.444 e. The summed E-state index contributed by atoms with van der Waals surface area (Å²) in [6.07, 6.45) is 2.40. The van der Waals surface area contributed by atoms with E-state index >= 15 is 0 Å². The van der Waals surface area contributed by atoms with Crippen molar-refractivity contribution in [2.75, 3.05) is 32.8 Å². The zero-order valence-corrected chi connectivity index (χ0v) is 13.4. The second-order valence-electron chi connectivity index (χ2n) is 5.60. The van der Waals surface area contributed by atoms with Crippen LogP contribution in [0.4, 0.5) is 0 Å². The van der Waals surface area contributed by atoms with Gasteiger partial charge in [-0.1, -0.05) is 17.7 Å². The maximum Gasteiger partial charge on any atom is 0.226 e. The number of ether oxygens (including phenoxy) is 1. The van der Waals surface area contributed by atoms with Gasteiger partial charge in [0.2, 0.25) is 5.89 Å². The minimum absolute atomic E-state index is 0.579. The van der Waals surface area contributed by atoms with E-state index in [1.165, 1.54) is 5.56 Å². The van der Waals surface area contributed by atoms with Crippen LogP contribution in [0.15, 0.2) is 39.9 Å². The number of nitrogens with two attached hydrogens (primary N) is 1. The SMILES string of the molecule is Cc1ccc(-c2nc(CCN=C(N)N3CCOCC3)co2)cc1. The van der Waals surface area contributed by atoms with Gasteiger partial charge in [-0.25, -0.2) is 4.98 Å². The molecule has 2 heterocycles. The summed E-state index contributed by atoms with van der Waals surface area (Å²) < 4.78 is 10.8. The molecule has 1 saturated heterocycles. The van der Waals surface area contributed by atoms with E-state index in [2.05, 4.69) is 16.9 Å². The first-order valence-corrected chi connectivity index (χ1v) is 7.86. The summed E-state index contributed by atoms with van der Waals surface area (Å²) in [5.74, 6) is 1.22. The molecule has 1 fully saturated rings. The smallest absolute Gasteiger partial charge is 0.226 e. The highest BCUT2D eigenvalue weighted by atomic mass is 16.5. The summed E-state index contributed by atoms with van der Waals surface area (Å²) in [4.78, 5) is 11.0. The fourth-order valence-electron chi connectivity index (χ4n) is 2.43. The first kappa shape index (κ1) is 15.6. The number of benzene rings is 1. The van der Waals surface area contributed by atoms with Crippen LogP contribution >= 0.6 is 0 Å². The van der Waals surface area contributed by atoms with Crippen molar-refractivity contribution in [1.82, 2.24) is 9.88 Å². The zero-order valence-electron chi connectivity index (χ0n) is 13.4. The highest BCUT2D eigenvalue weighted by Crippen LogP contribution is 2.19. The number of aryl methyl sites for hydroxylation is 1. The molecule has 0 amide bonds. The molecule has 0 saturated carbocycles. The topological polar surface area (TPSA) is 76.9 Å². The lowest BCUT2D eigenvalue weighted by atomic mass is 10.1.